The molecular formula is C19H25N5O2. The minimum Gasteiger partial charge on any atom is -0.497 e. The number of ether oxygens (including phenoxy) is 1. The van der Waals surface area contributed by atoms with E-state index in [2.05, 4.69) is 25.1 Å². The van der Waals surface area contributed by atoms with E-state index in [9.17, 15) is 4.79 Å². The van der Waals surface area contributed by atoms with E-state index in [1.54, 1.807) is 7.11 Å². The second-order valence-corrected chi connectivity index (χ2v) is 6.94. The lowest BCUT2D eigenvalue weighted by Gasteiger charge is -2.32. The molecule has 0 bridgehead atoms. The molecule has 7 heteroatoms. The Morgan fingerprint density at radius 1 is 1.35 bits per heavy atom. The second-order valence-electron chi connectivity index (χ2n) is 6.94. The summed E-state index contributed by atoms with van der Waals surface area (Å²) in [6, 6.07) is 8.19. The highest BCUT2D eigenvalue weighted by Crippen LogP contribution is 2.19. The summed E-state index contributed by atoms with van der Waals surface area (Å²) in [7, 11) is 1.66. The Morgan fingerprint density at radius 3 is 2.88 bits per heavy atom. The average Bonchev–Trinajstić information content (AvgIpc) is 3.37. The number of methoxy groups -OCH3 is 1. The van der Waals surface area contributed by atoms with Crippen LogP contribution in [0.2, 0.25) is 0 Å². The maximum atomic E-state index is 12.3. The lowest BCUT2D eigenvalue weighted by atomic mass is 10.2. The van der Waals surface area contributed by atoms with E-state index in [4.69, 9.17) is 4.74 Å². The van der Waals surface area contributed by atoms with Crippen LogP contribution in [0.3, 0.4) is 0 Å². The van der Waals surface area contributed by atoms with E-state index < -0.39 is 0 Å². The third-order valence-corrected chi connectivity index (χ3v) is 4.93. The fraction of sp³-hybridized carbons (Fsp3) is 0.474. The van der Waals surface area contributed by atoms with Crippen molar-refractivity contribution in [2.24, 2.45) is 0 Å². The maximum absolute atomic E-state index is 12.3. The van der Waals surface area contributed by atoms with E-state index in [-0.39, 0.29) is 11.9 Å². The number of imidazole rings is 1. The molecule has 1 saturated heterocycles. The molecule has 2 N–H and O–H groups in total. The van der Waals surface area contributed by atoms with Crippen molar-refractivity contribution < 1.29 is 9.53 Å². The molecule has 2 aliphatic rings. The van der Waals surface area contributed by atoms with E-state index in [0.29, 0.717) is 19.1 Å². The molecule has 2 heterocycles. The molecule has 26 heavy (non-hydrogen) atoms. The summed E-state index contributed by atoms with van der Waals surface area (Å²) in [5.41, 5.74) is 1.05. The molecule has 2 fully saturated rings. The third-order valence-electron chi connectivity index (χ3n) is 4.93. The molecule has 1 unspecified atom stereocenters. The van der Waals surface area contributed by atoms with Crippen LogP contribution in [0.25, 0.3) is 5.69 Å². The number of piperazine rings is 1. The standard InChI is InChI=1S/C19H25N5O2/c1-26-16-6-4-15(5-7-16)24-11-9-21-18(24)13-23-10-8-20-17(12-23)19(25)22-14-2-3-14/h4-7,9,11,14,17,20H,2-3,8,10,12-13H2,1H3,(H,22,25). The van der Waals surface area contributed by atoms with Gasteiger partial charge in [0.15, 0.2) is 0 Å². The fourth-order valence-electron chi connectivity index (χ4n) is 3.29. The summed E-state index contributed by atoms with van der Waals surface area (Å²) >= 11 is 0. The number of hydrogen-bond donors (Lipinski definition) is 2. The summed E-state index contributed by atoms with van der Waals surface area (Å²) in [6.45, 7) is 3.14. The molecule has 2 aromatic rings. The molecule has 1 aromatic heterocycles. The van der Waals surface area contributed by atoms with Crippen molar-refractivity contribution >= 4 is 5.91 Å². The molecule has 1 amide bonds. The van der Waals surface area contributed by atoms with E-state index in [1.165, 1.54) is 0 Å². The second kappa shape index (κ2) is 7.47. The van der Waals surface area contributed by atoms with E-state index in [1.807, 2.05) is 36.7 Å². The van der Waals surface area contributed by atoms with Gasteiger partial charge in [-0.1, -0.05) is 0 Å². The maximum Gasteiger partial charge on any atom is 0.238 e. The monoisotopic (exact) mass is 355 g/mol. The van der Waals surface area contributed by atoms with Gasteiger partial charge in [-0.3, -0.25) is 9.69 Å². The summed E-state index contributed by atoms with van der Waals surface area (Å²) in [6.07, 6.45) is 6.01. The van der Waals surface area contributed by atoms with Crippen molar-refractivity contribution in [3.63, 3.8) is 0 Å². The summed E-state index contributed by atoms with van der Waals surface area (Å²) in [5.74, 6) is 1.93. The van der Waals surface area contributed by atoms with Crippen molar-refractivity contribution in [3.05, 3.63) is 42.5 Å². The quantitative estimate of drug-likeness (QED) is 0.807. The summed E-state index contributed by atoms with van der Waals surface area (Å²) < 4.78 is 7.31. The van der Waals surface area contributed by atoms with Crippen molar-refractivity contribution in [2.75, 3.05) is 26.7 Å². The van der Waals surface area contributed by atoms with Gasteiger partial charge in [-0.05, 0) is 37.1 Å². The first-order valence-electron chi connectivity index (χ1n) is 9.15. The molecule has 7 nitrogen and oxygen atoms in total. The predicted octanol–water partition coefficient (Wildman–Crippen LogP) is 0.933. The van der Waals surface area contributed by atoms with Gasteiger partial charge in [0.1, 0.15) is 11.6 Å². The fourth-order valence-corrected chi connectivity index (χ4v) is 3.29. The smallest absolute Gasteiger partial charge is 0.238 e. The molecule has 1 atom stereocenters. The van der Waals surface area contributed by atoms with Gasteiger partial charge < -0.3 is 19.9 Å². The van der Waals surface area contributed by atoms with Crippen LogP contribution >= 0.6 is 0 Å². The Morgan fingerprint density at radius 2 is 2.15 bits per heavy atom. The molecule has 0 radical (unpaired) electrons. The third kappa shape index (κ3) is 3.89. The molecule has 1 aliphatic carbocycles. The average molecular weight is 355 g/mol. The van der Waals surface area contributed by atoms with Gasteiger partial charge in [0, 0.05) is 43.8 Å². The summed E-state index contributed by atoms with van der Waals surface area (Å²) in [4.78, 5) is 19.1. The Balaban J connectivity index is 1.42. The highest BCUT2D eigenvalue weighted by atomic mass is 16.5. The molecule has 1 aromatic carbocycles. The highest BCUT2D eigenvalue weighted by Gasteiger charge is 2.30. The topological polar surface area (TPSA) is 71.4 Å². The predicted molar refractivity (Wildman–Crippen MR) is 98.3 cm³/mol. The van der Waals surface area contributed by atoms with Gasteiger partial charge in [-0.25, -0.2) is 4.98 Å². The highest BCUT2D eigenvalue weighted by molar-refractivity contribution is 5.82. The minimum atomic E-state index is -0.145. The molecule has 138 valence electrons. The SMILES string of the molecule is COc1ccc(-n2ccnc2CN2CCNC(C(=O)NC3CC3)C2)cc1. The van der Waals surface area contributed by atoms with Crippen LogP contribution < -0.4 is 15.4 Å². The number of nitrogens with one attached hydrogen (secondary N) is 2. The van der Waals surface area contributed by atoms with Crippen molar-refractivity contribution in [1.29, 1.82) is 0 Å². The first kappa shape index (κ1) is 17.1. The first-order valence-corrected chi connectivity index (χ1v) is 9.15. The van der Waals surface area contributed by atoms with Gasteiger partial charge in [0.2, 0.25) is 5.91 Å². The van der Waals surface area contributed by atoms with Gasteiger partial charge in [-0.15, -0.1) is 0 Å². The molecule has 1 saturated carbocycles. The van der Waals surface area contributed by atoms with Crippen molar-refractivity contribution in [3.8, 4) is 11.4 Å². The Labute approximate surface area is 153 Å². The summed E-state index contributed by atoms with van der Waals surface area (Å²) in [5, 5.41) is 6.42. The van der Waals surface area contributed by atoms with E-state index >= 15 is 0 Å². The molecule has 0 spiro atoms. The number of carbonyl (C=O) groups excluding carboxylic acids is 1. The normalized spacial score (nSPS) is 20.7. The number of hydrogen-bond acceptors (Lipinski definition) is 5. The van der Waals surface area contributed by atoms with Crippen molar-refractivity contribution in [1.82, 2.24) is 25.1 Å². The molecule has 1 aliphatic heterocycles. The van der Waals surface area contributed by atoms with Gasteiger partial charge >= 0.3 is 0 Å². The van der Waals surface area contributed by atoms with Crippen LogP contribution in [0.15, 0.2) is 36.7 Å². The first-order chi connectivity index (χ1) is 12.7. The van der Waals surface area contributed by atoms with Crippen LogP contribution in [0.5, 0.6) is 5.75 Å². The number of benzene rings is 1. The number of carbonyl (C=O) groups is 1. The van der Waals surface area contributed by atoms with Crippen LogP contribution in [0.1, 0.15) is 18.7 Å². The molecular weight excluding hydrogens is 330 g/mol. The number of amides is 1. The Bertz CT molecular complexity index is 754. The zero-order valence-electron chi connectivity index (χ0n) is 15.0. The zero-order chi connectivity index (χ0) is 17.9. The van der Waals surface area contributed by atoms with Crippen LogP contribution in [-0.4, -0.2) is 59.2 Å². The van der Waals surface area contributed by atoms with Gasteiger partial charge in [-0.2, -0.15) is 0 Å². The lowest BCUT2D eigenvalue weighted by molar-refractivity contribution is -0.124. The van der Waals surface area contributed by atoms with E-state index in [0.717, 1.165) is 43.2 Å². The minimum absolute atomic E-state index is 0.121. The zero-order valence-corrected chi connectivity index (χ0v) is 15.0. The van der Waals surface area contributed by atoms with Crippen molar-refractivity contribution in [2.45, 2.75) is 31.5 Å². The number of aromatic nitrogens is 2. The Hall–Kier alpha value is -2.38. The van der Waals surface area contributed by atoms with Gasteiger partial charge in [0.25, 0.3) is 0 Å². The van der Waals surface area contributed by atoms with Crippen LogP contribution in [-0.2, 0) is 11.3 Å². The van der Waals surface area contributed by atoms with Crippen LogP contribution in [0.4, 0.5) is 0 Å². The number of rotatable bonds is 6. The lowest BCUT2D eigenvalue weighted by Crippen LogP contribution is -2.57. The Kier molecular flexibility index (Phi) is 4.90. The van der Waals surface area contributed by atoms with Gasteiger partial charge in [0.05, 0.1) is 19.7 Å². The largest absolute Gasteiger partial charge is 0.497 e. The number of nitrogens with zero attached hydrogens (tertiary/aromatic N) is 3. The molecule has 4 rings (SSSR count). The van der Waals surface area contributed by atoms with Crippen LogP contribution in [0, 0.1) is 0 Å².